The molecule has 8 heteroatoms. The molecule has 1 heterocycles. The average molecular weight is 404 g/mol. The Kier molecular flexibility index (Phi) is 6.03. The third-order valence-electron chi connectivity index (χ3n) is 3.96. The van der Waals surface area contributed by atoms with E-state index in [-0.39, 0.29) is 6.54 Å². The molecule has 6 nitrogen and oxygen atoms in total. The van der Waals surface area contributed by atoms with Crippen LogP contribution in [-0.2, 0) is 6.54 Å². The van der Waals surface area contributed by atoms with Crippen molar-refractivity contribution < 1.29 is 0 Å². The number of H-pyrrole nitrogens is 1. The molecule has 0 bridgehead atoms. The third kappa shape index (κ3) is 4.43. The maximum absolute atomic E-state index is 12.6. The van der Waals surface area contributed by atoms with Crippen LogP contribution in [0.4, 0.5) is 0 Å². The lowest BCUT2D eigenvalue weighted by Crippen LogP contribution is -2.48. The fourth-order valence-electron chi connectivity index (χ4n) is 2.55. The molecule has 1 N–H and O–H groups in total. The number of aromatic nitrogens is 3. The molecule has 0 saturated carbocycles. The molecule has 27 heavy (non-hydrogen) atoms. The van der Waals surface area contributed by atoms with E-state index in [0.717, 1.165) is 25.3 Å². The number of aromatic amines is 1. The zero-order valence-electron chi connectivity index (χ0n) is 14.6. The number of benzene rings is 2. The van der Waals surface area contributed by atoms with Gasteiger partial charge in [-0.3, -0.25) is 4.98 Å². The molecule has 1 aromatic heterocycles. The Hall–Kier alpha value is -2.51. The van der Waals surface area contributed by atoms with E-state index in [1.54, 1.807) is 12.1 Å². The van der Waals surface area contributed by atoms with Gasteiger partial charge >= 0.3 is 17.1 Å². The van der Waals surface area contributed by atoms with Crippen LogP contribution in [0.15, 0.2) is 72.7 Å². The highest BCUT2D eigenvalue weighted by Gasteiger charge is 2.11. The maximum Gasteiger partial charge on any atom is 0.340 e. The molecule has 0 fully saturated rings. The lowest BCUT2D eigenvalue weighted by Gasteiger charge is -2.09. The molecule has 0 aliphatic heterocycles. The fraction of sp³-hybridized carbons (Fsp3) is 0.211. The van der Waals surface area contributed by atoms with Crippen LogP contribution in [0.25, 0.3) is 5.69 Å². The van der Waals surface area contributed by atoms with E-state index in [4.69, 9.17) is 11.6 Å². The molecule has 0 amide bonds. The molecule has 140 valence electrons. The number of hydrogen-bond donors (Lipinski definition) is 1. The standard InChI is InChI=1S/C19H18ClN3O3S/c1-2-3-12-22-17(24)21-18(25)23(19(22)26)14-6-10-16(11-7-14)27-15-8-4-13(20)5-9-15/h4-11H,2-3,12H2,1H3,(H,21,24,25). The van der Waals surface area contributed by atoms with Crippen molar-refractivity contribution in [2.45, 2.75) is 36.1 Å². The minimum absolute atomic E-state index is 0.273. The molecule has 0 aliphatic rings. The number of nitrogens with one attached hydrogen (secondary N) is 1. The van der Waals surface area contributed by atoms with Crippen molar-refractivity contribution in [1.29, 1.82) is 0 Å². The first-order valence-corrected chi connectivity index (χ1v) is 9.69. The van der Waals surface area contributed by atoms with E-state index in [9.17, 15) is 14.4 Å². The summed E-state index contributed by atoms with van der Waals surface area (Å²) in [5, 5.41) is 0.673. The molecule has 2 aromatic carbocycles. The minimum atomic E-state index is -0.740. The lowest BCUT2D eigenvalue weighted by molar-refractivity contribution is 0.542. The summed E-state index contributed by atoms with van der Waals surface area (Å²) in [5.41, 5.74) is -1.64. The number of rotatable bonds is 6. The number of hydrogen-bond acceptors (Lipinski definition) is 4. The van der Waals surface area contributed by atoms with Crippen LogP contribution in [0.1, 0.15) is 19.8 Å². The summed E-state index contributed by atoms with van der Waals surface area (Å²) < 4.78 is 2.04. The Morgan fingerprint density at radius 1 is 0.926 bits per heavy atom. The van der Waals surface area contributed by atoms with Crippen LogP contribution in [0.3, 0.4) is 0 Å². The molecular weight excluding hydrogens is 386 g/mol. The molecule has 0 unspecified atom stereocenters. The molecule has 0 radical (unpaired) electrons. The van der Waals surface area contributed by atoms with Crippen molar-refractivity contribution >= 4 is 23.4 Å². The van der Waals surface area contributed by atoms with Gasteiger partial charge in [0.1, 0.15) is 0 Å². The highest BCUT2D eigenvalue weighted by Crippen LogP contribution is 2.28. The van der Waals surface area contributed by atoms with Gasteiger partial charge in [0.2, 0.25) is 0 Å². The molecule has 0 saturated heterocycles. The predicted molar refractivity (Wildman–Crippen MR) is 107 cm³/mol. The van der Waals surface area contributed by atoms with Gasteiger partial charge in [-0.05, 0) is 55.0 Å². The summed E-state index contributed by atoms with van der Waals surface area (Å²) >= 11 is 7.43. The van der Waals surface area contributed by atoms with Crippen LogP contribution in [0.2, 0.25) is 5.02 Å². The first-order chi connectivity index (χ1) is 13.0. The summed E-state index contributed by atoms with van der Waals surface area (Å²) in [6, 6.07) is 14.5. The quantitative estimate of drug-likeness (QED) is 0.685. The van der Waals surface area contributed by atoms with Crippen molar-refractivity contribution in [3.8, 4) is 5.69 Å². The van der Waals surface area contributed by atoms with Gasteiger partial charge in [-0.2, -0.15) is 0 Å². The number of nitrogens with zero attached hydrogens (tertiary/aromatic N) is 2. The van der Waals surface area contributed by atoms with Crippen molar-refractivity contribution in [1.82, 2.24) is 14.1 Å². The highest BCUT2D eigenvalue weighted by molar-refractivity contribution is 7.99. The van der Waals surface area contributed by atoms with Gasteiger partial charge in [0.25, 0.3) is 0 Å². The average Bonchev–Trinajstić information content (AvgIpc) is 2.64. The van der Waals surface area contributed by atoms with E-state index in [1.165, 1.54) is 11.8 Å². The van der Waals surface area contributed by atoms with Gasteiger partial charge in [0, 0.05) is 21.4 Å². The van der Waals surface area contributed by atoms with Crippen LogP contribution < -0.4 is 17.1 Å². The SMILES string of the molecule is CCCCn1c(=O)[nH]c(=O)n(-c2ccc(Sc3ccc(Cl)cc3)cc2)c1=O. The van der Waals surface area contributed by atoms with E-state index >= 15 is 0 Å². The number of halogens is 1. The van der Waals surface area contributed by atoms with Crippen molar-refractivity contribution in [2.75, 3.05) is 0 Å². The monoisotopic (exact) mass is 403 g/mol. The van der Waals surface area contributed by atoms with Crippen LogP contribution in [0, 0.1) is 0 Å². The molecular formula is C19H18ClN3O3S. The Bertz CT molecular complexity index is 1100. The highest BCUT2D eigenvalue weighted by atomic mass is 35.5. The lowest BCUT2D eigenvalue weighted by atomic mass is 10.3. The Morgan fingerprint density at radius 2 is 1.52 bits per heavy atom. The van der Waals surface area contributed by atoms with E-state index in [0.29, 0.717) is 17.1 Å². The second-order valence-corrected chi connectivity index (χ2v) is 7.49. The topological polar surface area (TPSA) is 76.9 Å². The molecule has 0 atom stereocenters. The predicted octanol–water partition coefficient (Wildman–Crippen LogP) is 3.29. The van der Waals surface area contributed by atoms with Crippen LogP contribution in [-0.4, -0.2) is 14.1 Å². The van der Waals surface area contributed by atoms with E-state index in [1.807, 2.05) is 43.3 Å². The van der Waals surface area contributed by atoms with E-state index < -0.39 is 17.1 Å². The van der Waals surface area contributed by atoms with Crippen molar-refractivity contribution in [3.63, 3.8) is 0 Å². The van der Waals surface area contributed by atoms with Crippen molar-refractivity contribution in [2.24, 2.45) is 0 Å². The van der Waals surface area contributed by atoms with Gasteiger partial charge in [-0.1, -0.05) is 36.7 Å². The molecule has 0 aliphatic carbocycles. The summed E-state index contributed by atoms with van der Waals surface area (Å²) in [6.07, 6.45) is 1.51. The van der Waals surface area contributed by atoms with Crippen LogP contribution >= 0.6 is 23.4 Å². The molecule has 0 spiro atoms. The van der Waals surface area contributed by atoms with Gasteiger partial charge < -0.3 is 0 Å². The summed E-state index contributed by atoms with van der Waals surface area (Å²) in [4.78, 5) is 40.9. The van der Waals surface area contributed by atoms with Gasteiger partial charge in [-0.15, -0.1) is 0 Å². The summed E-state index contributed by atoms with van der Waals surface area (Å²) in [6.45, 7) is 2.24. The minimum Gasteiger partial charge on any atom is -0.258 e. The van der Waals surface area contributed by atoms with Crippen molar-refractivity contribution in [3.05, 3.63) is 85.0 Å². The zero-order valence-corrected chi connectivity index (χ0v) is 16.2. The third-order valence-corrected chi connectivity index (χ3v) is 5.23. The van der Waals surface area contributed by atoms with Gasteiger partial charge in [0.15, 0.2) is 0 Å². The van der Waals surface area contributed by atoms with Crippen LogP contribution in [0.5, 0.6) is 0 Å². The second-order valence-electron chi connectivity index (χ2n) is 5.91. The first-order valence-electron chi connectivity index (χ1n) is 8.49. The Morgan fingerprint density at radius 3 is 2.11 bits per heavy atom. The Balaban J connectivity index is 1.93. The number of unbranched alkanes of at least 4 members (excludes halogenated alkanes) is 1. The molecule has 3 rings (SSSR count). The zero-order chi connectivity index (χ0) is 19.4. The summed E-state index contributed by atoms with van der Waals surface area (Å²) in [7, 11) is 0. The Labute approximate surface area is 164 Å². The van der Waals surface area contributed by atoms with E-state index in [2.05, 4.69) is 4.98 Å². The fourth-order valence-corrected chi connectivity index (χ4v) is 3.49. The molecule has 3 aromatic rings. The first kappa shape index (κ1) is 19.3. The maximum atomic E-state index is 12.6. The summed E-state index contributed by atoms with van der Waals surface area (Å²) in [5.74, 6) is 0. The smallest absolute Gasteiger partial charge is 0.258 e. The normalized spacial score (nSPS) is 10.9. The van der Waals surface area contributed by atoms with Gasteiger partial charge in [0.05, 0.1) is 5.69 Å². The second kappa shape index (κ2) is 8.45. The van der Waals surface area contributed by atoms with Gasteiger partial charge in [-0.25, -0.2) is 23.5 Å². The largest absolute Gasteiger partial charge is 0.340 e.